The van der Waals surface area contributed by atoms with Crippen LogP contribution in [-0.2, 0) is 32.2 Å². The van der Waals surface area contributed by atoms with Gasteiger partial charge in [0.1, 0.15) is 4.21 Å². The van der Waals surface area contributed by atoms with Crippen LogP contribution < -0.4 is 5.32 Å². The van der Waals surface area contributed by atoms with Gasteiger partial charge in [-0.05, 0) is 41.5 Å². The molecule has 28 heavy (non-hydrogen) atoms. The summed E-state index contributed by atoms with van der Waals surface area (Å²) in [6, 6.07) is 11.7. The van der Waals surface area contributed by atoms with Crippen LogP contribution in [0.3, 0.4) is 0 Å². The highest BCUT2D eigenvalue weighted by molar-refractivity contribution is 7.91. The number of benzene rings is 1. The summed E-state index contributed by atoms with van der Waals surface area (Å²) < 4.78 is 25.9. The van der Waals surface area contributed by atoms with Crippen LogP contribution in [0, 0.1) is 0 Å². The second kappa shape index (κ2) is 7.28. The number of hydrogen-bond donors (Lipinski definition) is 1. The van der Waals surface area contributed by atoms with Gasteiger partial charge in [-0.15, -0.1) is 11.3 Å². The maximum atomic E-state index is 12.9. The van der Waals surface area contributed by atoms with Crippen molar-refractivity contribution >= 4 is 27.3 Å². The van der Waals surface area contributed by atoms with Crippen molar-refractivity contribution in [1.29, 1.82) is 0 Å². The van der Waals surface area contributed by atoms with Crippen molar-refractivity contribution in [3.63, 3.8) is 0 Å². The maximum Gasteiger partial charge on any atom is 0.252 e. The van der Waals surface area contributed by atoms with Gasteiger partial charge in [0.25, 0.3) is 10.0 Å². The molecule has 1 saturated carbocycles. The first-order valence-electron chi connectivity index (χ1n) is 9.37. The van der Waals surface area contributed by atoms with Gasteiger partial charge in [-0.3, -0.25) is 4.79 Å². The van der Waals surface area contributed by atoms with Gasteiger partial charge in [-0.25, -0.2) is 12.7 Å². The molecule has 1 aromatic heterocycles. The van der Waals surface area contributed by atoms with Crippen LogP contribution in [0.2, 0.25) is 0 Å². The lowest BCUT2D eigenvalue weighted by atomic mass is 9.85. The Morgan fingerprint density at radius 3 is 2.21 bits per heavy atom. The minimum atomic E-state index is -3.43. The molecular weight excluding hydrogens is 392 g/mol. The Bertz CT molecular complexity index is 964. The number of sulfonamides is 1. The molecule has 0 unspecified atom stereocenters. The Morgan fingerprint density at radius 2 is 1.71 bits per heavy atom. The fraction of sp³-hybridized carbons (Fsp3) is 0.476. The quantitative estimate of drug-likeness (QED) is 0.776. The third-order valence-electron chi connectivity index (χ3n) is 5.28. The van der Waals surface area contributed by atoms with Crippen LogP contribution in [0.1, 0.15) is 49.6 Å². The second-order valence-electron chi connectivity index (χ2n) is 8.60. The lowest BCUT2D eigenvalue weighted by Crippen LogP contribution is -2.34. The molecule has 0 radical (unpaired) electrons. The van der Waals surface area contributed by atoms with E-state index in [2.05, 4.69) is 50.4 Å². The van der Waals surface area contributed by atoms with Gasteiger partial charge >= 0.3 is 0 Å². The van der Waals surface area contributed by atoms with E-state index in [1.54, 1.807) is 12.1 Å². The molecule has 1 fully saturated rings. The van der Waals surface area contributed by atoms with Gasteiger partial charge in [0.2, 0.25) is 5.91 Å². The molecule has 0 aliphatic heterocycles. The van der Waals surface area contributed by atoms with E-state index in [0.717, 1.165) is 23.3 Å². The molecule has 5 nitrogen and oxygen atoms in total. The predicted molar refractivity (Wildman–Crippen MR) is 113 cm³/mol. The topological polar surface area (TPSA) is 66.5 Å². The summed E-state index contributed by atoms with van der Waals surface area (Å²) in [7, 11) is -0.406. The third kappa shape index (κ3) is 4.02. The van der Waals surface area contributed by atoms with Gasteiger partial charge < -0.3 is 5.32 Å². The molecule has 0 spiro atoms. The molecule has 1 heterocycles. The van der Waals surface area contributed by atoms with Gasteiger partial charge in [0.15, 0.2) is 0 Å². The monoisotopic (exact) mass is 420 g/mol. The molecule has 0 atom stereocenters. The van der Waals surface area contributed by atoms with E-state index in [-0.39, 0.29) is 11.3 Å². The van der Waals surface area contributed by atoms with Crippen molar-refractivity contribution in [2.45, 2.75) is 55.2 Å². The van der Waals surface area contributed by atoms with Gasteiger partial charge in [-0.2, -0.15) is 0 Å². The van der Waals surface area contributed by atoms with Crippen molar-refractivity contribution in [2.24, 2.45) is 0 Å². The summed E-state index contributed by atoms with van der Waals surface area (Å²) in [6.07, 6.45) is 1.69. The molecule has 0 saturated heterocycles. The minimum absolute atomic E-state index is 0.0152. The summed E-state index contributed by atoms with van der Waals surface area (Å²) in [5.41, 5.74) is 1.95. The first-order valence-corrected chi connectivity index (χ1v) is 11.6. The average molecular weight is 421 g/mol. The van der Waals surface area contributed by atoms with E-state index < -0.39 is 15.4 Å². The van der Waals surface area contributed by atoms with Crippen molar-refractivity contribution < 1.29 is 13.2 Å². The van der Waals surface area contributed by atoms with Crippen LogP contribution in [0.5, 0.6) is 0 Å². The van der Waals surface area contributed by atoms with Crippen LogP contribution in [0.15, 0.2) is 40.6 Å². The van der Waals surface area contributed by atoms with Crippen LogP contribution >= 0.6 is 11.3 Å². The lowest BCUT2D eigenvalue weighted by molar-refractivity contribution is -0.123. The summed E-state index contributed by atoms with van der Waals surface area (Å²) >= 11 is 1.20. The molecule has 2 aromatic rings. The van der Waals surface area contributed by atoms with Crippen molar-refractivity contribution in [3.05, 3.63) is 52.4 Å². The van der Waals surface area contributed by atoms with E-state index in [4.69, 9.17) is 0 Å². The fourth-order valence-corrected chi connectivity index (χ4v) is 5.63. The average Bonchev–Trinajstić information content (AvgIpc) is 3.30. The summed E-state index contributed by atoms with van der Waals surface area (Å²) in [5.74, 6) is 0.0152. The normalized spacial score (nSPS) is 16.2. The highest BCUT2D eigenvalue weighted by atomic mass is 32.2. The maximum absolute atomic E-state index is 12.9. The van der Waals surface area contributed by atoms with Crippen LogP contribution in [0.25, 0.3) is 0 Å². The molecular formula is C21H28N2O3S2. The molecule has 7 heteroatoms. The summed E-state index contributed by atoms with van der Waals surface area (Å²) in [5, 5.41) is 3.00. The Hall–Kier alpha value is -1.70. The Morgan fingerprint density at radius 1 is 1.11 bits per heavy atom. The number of carbonyl (C=O) groups is 1. The lowest BCUT2D eigenvalue weighted by Gasteiger charge is -2.21. The van der Waals surface area contributed by atoms with Crippen molar-refractivity contribution in [2.75, 3.05) is 14.1 Å². The molecule has 3 rings (SSSR count). The number of thiophene rings is 1. The molecule has 152 valence electrons. The minimum Gasteiger partial charge on any atom is -0.350 e. The zero-order valence-electron chi connectivity index (χ0n) is 17.1. The number of amides is 1. The fourth-order valence-electron chi connectivity index (χ4n) is 3.17. The standard InChI is InChI=1S/C21H28N2O3S2/c1-20(2,3)15-6-8-16(9-7-15)21(12-13-21)19(24)22-14-17-10-11-18(27-17)28(25,26)23(4)5/h6-11H,12-14H2,1-5H3,(H,22,24). The van der Waals surface area contributed by atoms with Crippen LogP contribution in [-0.4, -0.2) is 32.7 Å². The third-order valence-corrected chi connectivity index (χ3v) is 8.65. The highest BCUT2D eigenvalue weighted by Crippen LogP contribution is 2.48. The zero-order chi connectivity index (χ0) is 20.7. The van der Waals surface area contributed by atoms with Crippen molar-refractivity contribution in [1.82, 2.24) is 9.62 Å². The first kappa shape index (κ1) is 21.0. The number of nitrogens with one attached hydrogen (secondary N) is 1. The van der Waals surface area contributed by atoms with Gasteiger partial charge in [0, 0.05) is 19.0 Å². The first-order chi connectivity index (χ1) is 13.0. The van der Waals surface area contributed by atoms with Gasteiger partial charge in [-0.1, -0.05) is 45.0 Å². The Balaban J connectivity index is 1.68. The number of rotatable bonds is 6. The van der Waals surface area contributed by atoms with Crippen molar-refractivity contribution in [3.8, 4) is 0 Å². The number of nitrogens with zero attached hydrogens (tertiary/aromatic N) is 1. The molecule has 1 aliphatic rings. The Kier molecular flexibility index (Phi) is 5.47. The molecule has 1 N–H and O–H groups in total. The zero-order valence-corrected chi connectivity index (χ0v) is 18.7. The Labute approximate surface area is 171 Å². The summed E-state index contributed by atoms with van der Waals surface area (Å²) in [6.45, 7) is 6.86. The molecule has 1 aliphatic carbocycles. The van der Waals surface area contributed by atoms with E-state index in [0.29, 0.717) is 10.8 Å². The highest BCUT2D eigenvalue weighted by Gasteiger charge is 2.51. The van der Waals surface area contributed by atoms with Crippen LogP contribution in [0.4, 0.5) is 0 Å². The van der Waals surface area contributed by atoms with E-state index >= 15 is 0 Å². The largest absolute Gasteiger partial charge is 0.350 e. The SMILES string of the molecule is CN(C)S(=O)(=O)c1ccc(CNC(=O)C2(c3ccc(C(C)(C)C)cc3)CC2)s1. The van der Waals surface area contributed by atoms with E-state index in [1.165, 1.54) is 35.3 Å². The molecule has 1 amide bonds. The predicted octanol–water partition coefficient (Wildman–Crippen LogP) is 3.64. The van der Waals surface area contributed by atoms with E-state index in [9.17, 15) is 13.2 Å². The van der Waals surface area contributed by atoms with Gasteiger partial charge in [0.05, 0.1) is 12.0 Å². The van der Waals surface area contributed by atoms with E-state index in [1.807, 2.05) is 0 Å². The second-order valence-corrected chi connectivity index (χ2v) is 12.1. The smallest absolute Gasteiger partial charge is 0.252 e. The molecule has 0 bridgehead atoms. The summed E-state index contributed by atoms with van der Waals surface area (Å²) in [4.78, 5) is 13.7. The number of hydrogen-bond acceptors (Lipinski definition) is 4. The number of carbonyl (C=O) groups excluding carboxylic acids is 1. The molecule has 1 aromatic carbocycles.